The fourth-order valence-electron chi connectivity index (χ4n) is 5.72. The van der Waals surface area contributed by atoms with Crippen molar-refractivity contribution in [2.75, 3.05) is 0 Å². The van der Waals surface area contributed by atoms with Crippen molar-refractivity contribution in [3.63, 3.8) is 0 Å². The maximum atomic E-state index is 6.21. The molecule has 144 valence electrons. The molecule has 2 aliphatic carbocycles. The van der Waals surface area contributed by atoms with E-state index in [9.17, 15) is 0 Å². The molecule has 0 heterocycles. The van der Waals surface area contributed by atoms with E-state index in [-0.39, 0.29) is 0 Å². The van der Waals surface area contributed by atoms with Gasteiger partial charge >= 0.3 is 0 Å². The first-order chi connectivity index (χ1) is 12.3. The molecule has 1 heteroatoms. The number of hydrogen-bond donors (Lipinski definition) is 0. The van der Waals surface area contributed by atoms with Crippen LogP contribution in [0.2, 0.25) is 6.32 Å². The summed E-state index contributed by atoms with van der Waals surface area (Å²) in [6, 6.07) is 0. The highest BCUT2D eigenvalue weighted by Gasteiger charge is 2.26. The van der Waals surface area contributed by atoms with Crippen LogP contribution in [0.1, 0.15) is 122 Å². The molecule has 0 N–H and O–H groups in total. The molecular weight excluding hydrogens is 299 g/mol. The first-order valence-corrected chi connectivity index (χ1v) is 12.0. The zero-order valence-corrected chi connectivity index (χ0v) is 17.3. The Morgan fingerprint density at radius 1 is 0.640 bits per heavy atom. The molecule has 2 aliphatic rings. The predicted octanol–water partition coefficient (Wildman–Crippen LogP) is 8.11. The first kappa shape index (κ1) is 21.4. The van der Waals surface area contributed by atoms with E-state index in [4.69, 9.17) is 7.85 Å². The Morgan fingerprint density at radius 3 is 1.80 bits per heavy atom. The van der Waals surface area contributed by atoms with E-state index in [2.05, 4.69) is 6.92 Å². The van der Waals surface area contributed by atoms with E-state index in [1.807, 2.05) is 0 Å². The van der Waals surface area contributed by atoms with Gasteiger partial charge in [-0.3, -0.25) is 0 Å². The standard InChI is InChI=1S/C24H45B/c1-2-21-13-8-4-3-5-10-15-22-16-12-18-23(24(19-22)20-25)17-11-7-6-9-14-21/h21-24H,2-20H2,1H3. The van der Waals surface area contributed by atoms with Gasteiger partial charge in [0.1, 0.15) is 0 Å². The highest BCUT2D eigenvalue weighted by Crippen LogP contribution is 2.39. The van der Waals surface area contributed by atoms with E-state index >= 15 is 0 Å². The van der Waals surface area contributed by atoms with Gasteiger partial charge in [0.15, 0.2) is 0 Å². The fraction of sp³-hybridized carbons (Fsp3) is 1.00. The Morgan fingerprint density at radius 2 is 1.16 bits per heavy atom. The van der Waals surface area contributed by atoms with Gasteiger partial charge in [0.05, 0.1) is 7.85 Å². The Kier molecular flexibility index (Phi) is 11.3. The molecule has 25 heavy (non-hydrogen) atoms. The molecule has 0 aliphatic heterocycles. The van der Waals surface area contributed by atoms with Crippen molar-refractivity contribution in [2.45, 2.75) is 129 Å². The lowest BCUT2D eigenvalue weighted by Crippen LogP contribution is -2.15. The second-order valence-electron chi connectivity index (χ2n) is 9.40. The summed E-state index contributed by atoms with van der Waals surface area (Å²) in [5.74, 6) is 3.77. The van der Waals surface area contributed by atoms with Crippen molar-refractivity contribution in [2.24, 2.45) is 23.7 Å². The van der Waals surface area contributed by atoms with Crippen molar-refractivity contribution in [1.29, 1.82) is 0 Å². The largest absolute Gasteiger partial charge is 0.0856 e. The third-order valence-electron chi connectivity index (χ3n) is 7.53. The lowest BCUT2D eigenvalue weighted by molar-refractivity contribution is 0.278. The molecule has 0 amide bonds. The summed E-state index contributed by atoms with van der Waals surface area (Å²) in [7, 11) is 6.21. The van der Waals surface area contributed by atoms with Crippen molar-refractivity contribution in [3.05, 3.63) is 0 Å². The Labute approximate surface area is 160 Å². The molecule has 2 bridgehead atoms. The van der Waals surface area contributed by atoms with Crippen LogP contribution in [0.4, 0.5) is 0 Å². The zero-order valence-electron chi connectivity index (χ0n) is 17.3. The quantitative estimate of drug-likeness (QED) is 0.444. The minimum Gasteiger partial charge on any atom is -0.0856 e. The van der Waals surface area contributed by atoms with Crippen LogP contribution in [-0.2, 0) is 0 Å². The normalized spacial score (nSPS) is 34.8. The van der Waals surface area contributed by atoms with Crippen LogP contribution in [0.25, 0.3) is 0 Å². The average Bonchev–Trinajstić information content (AvgIpc) is 2.83. The molecule has 4 atom stereocenters. The van der Waals surface area contributed by atoms with E-state index in [1.54, 1.807) is 0 Å². The second kappa shape index (κ2) is 13.3. The van der Waals surface area contributed by atoms with Gasteiger partial charge in [-0.05, 0) is 30.1 Å². The van der Waals surface area contributed by atoms with Gasteiger partial charge < -0.3 is 0 Å². The molecule has 0 aromatic heterocycles. The smallest absolute Gasteiger partial charge is 0.0656 e. The van der Waals surface area contributed by atoms with Gasteiger partial charge in [0.25, 0.3) is 0 Å². The summed E-state index contributed by atoms with van der Waals surface area (Å²) >= 11 is 0. The van der Waals surface area contributed by atoms with Crippen LogP contribution in [0, 0.1) is 23.7 Å². The lowest BCUT2D eigenvalue weighted by Gasteiger charge is -2.26. The first-order valence-electron chi connectivity index (χ1n) is 12.0. The molecule has 2 saturated carbocycles. The SMILES string of the molecule is [B]CC1CC2CCCCCCCC(CC)CCCCCCC1CCC2. The molecule has 2 radical (unpaired) electrons. The molecule has 2 rings (SSSR count). The predicted molar refractivity (Wildman–Crippen MR) is 113 cm³/mol. The van der Waals surface area contributed by atoms with Crippen molar-refractivity contribution >= 4 is 7.85 Å². The molecule has 0 aromatic rings. The monoisotopic (exact) mass is 344 g/mol. The summed E-state index contributed by atoms with van der Waals surface area (Å²) in [5, 5.41) is 0. The fourth-order valence-corrected chi connectivity index (χ4v) is 5.72. The molecule has 0 saturated heterocycles. The maximum absolute atomic E-state index is 6.21. The van der Waals surface area contributed by atoms with Gasteiger partial charge in [-0.25, -0.2) is 0 Å². The van der Waals surface area contributed by atoms with Crippen LogP contribution in [-0.4, -0.2) is 7.85 Å². The highest BCUT2D eigenvalue weighted by molar-refractivity contribution is 6.08. The Bertz CT molecular complexity index is 313. The highest BCUT2D eigenvalue weighted by atomic mass is 14.3. The molecule has 0 aromatic carbocycles. The van der Waals surface area contributed by atoms with Crippen LogP contribution >= 0.6 is 0 Å². The summed E-state index contributed by atoms with van der Waals surface area (Å²) < 4.78 is 0. The molecule has 2 fully saturated rings. The molecule has 0 spiro atoms. The van der Waals surface area contributed by atoms with Gasteiger partial charge in [0, 0.05) is 0 Å². The van der Waals surface area contributed by atoms with Gasteiger partial charge in [0.2, 0.25) is 0 Å². The minimum atomic E-state index is 0.829. The van der Waals surface area contributed by atoms with Crippen molar-refractivity contribution < 1.29 is 0 Å². The van der Waals surface area contributed by atoms with E-state index in [1.165, 1.54) is 116 Å². The third kappa shape index (κ3) is 8.53. The van der Waals surface area contributed by atoms with Crippen LogP contribution in [0.5, 0.6) is 0 Å². The molecule has 0 nitrogen and oxygen atoms in total. The summed E-state index contributed by atoms with van der Waals surface area (Å²) in [4.78, 5) is 0. The minimum absolute atomic E-state index is 0.829. The van der Waals surface area contributed by atoms with E-state index in [0.717, 1.165) is 30.0 Å². The topological polar surface area (TPSA) is 0 Å². The lowest BCUT2D eigenvalue weighted by atomic mass is 9.74. The summed E-state index contributed by atoms with van der Waals surface area (Å²) in [5.41, 5.74) is 0. The van der Waals surface area contributed by atoms with Crippen molar-refractivity contribution in [3.8, 4) is 0 Å². The van der Waals surface area contributed by atoms with E-state index < -0.39 is 0 Å². The van der Waals surface area contributed by atoms with Gasteiger partial charge in [-0.15, -0.1) is 0 Å². The Hall–Kier alpha value is 0.0649. The second-order valence-corrected chi connectivity index (χ2v) is 9.40. The number of hydrogen-bond acceptors (Lipinski definition) is 0. The molecular formula is C24H45B. The van der Waals surface area contributed by atoms with Crippen LogP contribution in [0.3, 0.4) is 0 Å². The summed E-state index contributed by atoms with van der Waals surface area (Å²) in [6.07, 6.45) is 27.4. The third-order valence-corrected chi connectivity index (χ3v) is 7.53. The average molecular weight is 344 g/mol. The van der Waals surface area contributed by atoms with E-state index in [0.29, 0.717) is 0 Å². The van der Waals surface area contributed by atoms with Crippen LogP contribution in [0.15, 0.2) is 0 Å². The van der Waals surface area contributed by atoms with Crippen molar-refractivity contribution in [1.82, 2.24) is 0 Å². The van der Waals surface area contributed by atoms with Crippen LogP contribution < -0.4 is 0 Å². The van der Waals surface area contributed by atoms with Gasteiger partial charge in [-0.2, -0.15) is 0 Å². The van der Waals surface area contributed by atoms with Gasteiger partial charge in [-0.1, -0.05) is 122 Å². The number of rotatable bonds is 2. The summed E-state index contributed by atoms with van der Waals surface area (Å²) in [6.45, 7) is 2.41. The maximum Gasteiger partial charge on any atom is 0.0656 e. The Balaban J connectivity index is 1.84. The number of fused-ring (bicyclic) bond motifs is 3. The zero-order chi connectivity index (χ0) is 17.7. The molecule has 4 unspecified atom stereocenters.